The Morgan fingerprint density at radius 1 is 1.05 bits per heavy atom. The summed E-state index contributed by atoms with van der Waals surface area (Å²) in [6.45, 7) is 4.41. The van der Waals surface area contributed by atoms with E-state index in [0.29, 0.717) is 12.1 Å². The number of hydrogen-bond acceptors (Lipinski definition) is 2. The van der Waals surface area contributed by atoms with Crippen LogP contribution in [0.5, 0.6) is 0 Å². The number of thioether (sulfide) groups is 1. The molecule has 0 fully saturated rings. The Morgan fingerprint density at radius 2 is 1.71 bits per heavy atom. The molecule has 2 aromatic carbocycles. The molecule has 0 radical (unpaired) electrons. The molecule has 3 heteroatoms. The molecule has 0 heterocycles. The predicted molar refractivity (Wildman–Crippen MR) is 94.4 cm³/mol. The van der Waals surface area contributed by atoms with Gasteiger partial charge in [0.05, 0.1) is 0 Å². The Labute approximate surface area is 137 Å². The monoisotopic (exact) mass is 319 g/mol. The van der Waals surface area contributed by atoms with E-state index in [9.17, 15) is 0 Å². The first-order valence-electron chi connectivity index (χ1n) is 7.23. The molecule has 112 valence electrons. The first kappa shape index (κ1) is 16.4. The highest BCUT2D eigenvalue weighted by Gasteiger charge is 2.11. The van der Waals surface area contributed by atoms with Crippen LogP contribution in [0.25, 0.3) is 0 Å². The SMILES string of the molecule is CSc1ccc(C(C)NC(C)Cc2ccccc2Cl)cc1. The molecule has 2 aromatic rings. The predicted octanol–water partition coefficient (Wildman–Crippen LogP) is 5.34. The lowest BCUT2D eigenvalue weighted by molar-refractivity contribution is 0.477. The van der Waals surface area contributed by atoms with Crippen molar-refractivity contribution in [1.29, 1.82) is 0 Å². The summed E-state index contributed by atoms with van der Waals surface area (Å²) in [5.41, 5.74) is 2.52. The lowest BCUT2D eigenvalue weighted by Crippen LogP contribution is -2.30. The van der Waals surface area contributed by atoms with Gasteiger partial charge in [-0.05, 0) is 55.9 Å². The summed E-state index contributed by atoms with van der Waals surface area (Å²) in [7, 11) is 0. The maximum atomic E-state index is 6.23. The number of hydrogen-bond donors (Lipinski definition) is 1. The Hall–Kier alpha value is -0.960. The fraction of sp³-hybridized carbons (Fsp3) is 0.333. The standard InChI is InChI=1S/C18H22ClNS/c1-13(12-16-6-4-5-7-18(16)19)20-14(2)15-8-10-17(21-3)11-9-15/h4-11,13-14,20H,12H2,1-3H3. The molecule has 0 aromatic heterocycles. The zero-order valence-corrected chi connectivity index (χ0v) is 14.3. The van der Waals surface area contributed by atoms with Gasteiger partial charge in [0, 0.05) is 22.0 Å². The van der Waals surface area contributed by atoms with Gasteiger partial charge < -0.3 is 5.32 Å². The summed E-state index contributed by atoms with van der Waals surface area (Å²) in [6.07, 6.45) is 3.04. The average Bonchev–Trinajstić information content (AvgIpc) is 2.49. The molecular weight excluding hydrogens is 298 g/mol. The molecule has 0 spiro atoms. The molecule has 0 amide bonds. The van der Waals surface area contributed by atoms with Crippen LogP contribution in [0.15, 0.2) is 53.4 Å². The van der Waals surface area contributed by atoms with Crippen molar-refractivity contribution < 1.29 is 0 Å². The van der Waals surface area contributed by atoms with Crippen LogP contribution in [-0.2, 0) is 6.42 Å². The summed E-state index contributed by atoms with van der Waals surface area (Å²) >= 11 is 8.00. The van der Waals surface area contributed by atoms with Crippen molar-refractivity contribution >= 4 is 23.4 Å². The van der Waals surface area contributed by atoms with Crippen LogP contribution in [0, 0.1) is 0 Å². The third kappa shape index (κ3) is 4.77. The zero-order chi connectivity index (χ0) is 15.2. The van der Waals surface area contributed by atoms with Gasteiger partial charge in [0.1, 0.15) is 0 Å². The minimum atomic E-state index is 0.332. The van der Waals surface area contributed by atoms with Crippen LogP contribution in [0.2, 0.25) is 5.02 Å². The Morgan fingerprint density at radius 3 is 2.33 bits per heavy atom. The molecule has 2 unspecified atom stereocenters. The molecule has 0 saturated carbocycles. The molecule has 0 saturated heterocycles. The van der Waals surface area contributed by atoms with Gasteiger partial charge >= 0.3 is 0 Å². The van der Waals surface area contributed by atoms with E-state index in [2.05, 4.69) is 55.8 Å². The highest BCUT2D eigenvalue weighted by molar-refractivity contribution is 7.98. The van der Waals surface area contributed by atoms with E-state index in [0.717, 1.165) is 11.4 Å². The molecule has 1 N–H and O–H groups in total. The quantitative estimate of drug-likeness (QED) is 0.721. The van der Waals surface area contributed by atoms with Crippen LogP contribution in [-0.4, -0.2) is 12.3 Å². The van der Waals surface area contributed by atoms with Gasteiger partial charge in [0.15, 0.2) is 0 Å². The van der Waals surface area contributed by atoms with Crippen LogP contribution < -0.4 is 5.32 Å². The first-order valence-corrected chi connectivity index (χ1v) is 8.84. The molecular formula is C18H22ClNS. The van der Waals surface area contributed by atoms with Crippen molar-refractivity contribution in [2.45, 2.75) is 37.2 Å². The highest BCUT2D eigenvalue weighted by atomic mass is 35.5. The van der Waals surface area contributed by atoms with E-state index in [4.69, 9.17) is 11.6 Å². The van der Waals surface area contributed by atoms with Crippen molar-refractivity contribution in [3.8, 4) is 0 Å². The highest BCUT2D eigenvalue weighted by Crippen LogP contribution is 2.21. The summed E-state index contributed by atoms with van der Waals surface area (Å²) in [6, 6.07) is 17.5. The fourth-order valence-electron chi connectivity index (χ4n) is 2.47. The average molecular weight is 320 g/mol. The Balaban J connectivity index is 1.95. The van der Waals surface area contributed by atoms with Crippen LogP contribution >= 0.6 is 23.4 Å². The molecule has 0 aliphatic carbocycles. The molecule has 1 nitrogen and oxygen atoms in total. The second kappa shape index (κ2) is 7.88. The minimum absolute atomic E-state index is 0.332. The van der Waals surface area contributed by atoms with E-state index in [1.54, 1.807) is 11.8 Å². The van der Waals surface area contributed by atoms with E-state index >= 15 is 0 Å². The second-order valence-corrected chi connectivity index (χ2v) is 6.64. The largest absolute Gasteiger partial charge is 0.307 e. The molecule has 0 bridgehead atoms. The zero-order valence-electron chi connectivity index (χ0n) is 12.8. The van der Waals surface area contributed by atoms with Gasteiger partial charge in [-0.2, -0.15) is 0 Å². The smallest absolute Gasteiger partial charge is 0.0438 e. The van der Waals surface area contributed by atoms with Crippen molar-refractivity contribution in [2.75, 3.05) is 6.26 Å². The summed E-state index contributed by atoms with van der Waals surface area (Å²) in [4.78, 5) is 1.30. The summed E-state index contributed by atoms with van der Waals surface area (Å²) < 4.78 is 0. The Bertz CT molecular complexity index is 568. The summed E-state index contributed by atoms with van der Waals surface area (Å²) in [5, 5.41) is 4.49. The maximum absolute atomic E-state index is 6.23. The van der Waals surface area contributed by atoms with E-state index < -0.39 is 0 Å². The topological polar surface area (TPSA) is 12.0 Å². The Kier molecular flexibility index (Phi) is 6.16. The van der Waals surface area contributed by atoms with Crippen molar-refractivity contribution in [2.24, 2.45) is 0 Å². The van der Waals surface area contributed by atoms with Gasteiger partial charge in [-0.25, -0.2) is 0 Å². The third-order valence-corrected chi connectivity index (χ3v) is 4.75. The fourth-order valence-corrected chi connectivity index (χ4v) is 3.09. The van der Waals surface area contributed by atoms with Crippen LogP contribution in [0.1, 0.15) is 31.0 Å². The van der Waals surface area contributed by atoms with Crippen LogP contribution in [0.4, 0.5) is 0 Å². The molecule has 21 heavy (non-hydrogen) atoms. The molecule has 2 atom stereocenters. The van der Waals surface area contributed by atoms with Crippen molar-refractivity contribution in [3.63, 3.8) is 0 Å². The number of benzene rings is 2. The van der Waals surface area contributed by atoms with Gasteiger partial charge in [-0.3, -0.25) is 0 Å². The lowest BCUT2D eigenvalue weighted by atomic mass is 10.0. The van der Waals surface area contributed by atoms with E-state index in [1.165, 1.54) is 16.0 Å². The van der Waals surface area contributed by atoms with Gasteiger partial charge in [-0.15, -0.1) is 11.8 Å². The van der Waals surface area contributed by atoms with Gasteiger partial charge in [0.25, 0.3) is 0 Å². The molecule has 0 aliphatic rings. The maximum Gasteiger partial charge on any atom is 0.0438 e. The molecule has 0 aliphatic heterocycles. The van der Waals surface area contributed by atoms with Crippen molar-refractivity contribution in [3.05, 3.63) is 64.7 Å². The first-order chi connectivity index (χ1) is 10.1. The number of nitrogens with one attached hydrogen (secondary N) is 1. The normalized spacial score (nSPS) is 13.9. The van der Waals surface area contributed by atoms with E-state index in [1.807, 2.05) is 18.2 Å². The van der Waals surface area contributed by atoms with Crippen molar-refractivity contribution in [1.82, 2.24) is 5.32 Å². The van der Waals surface area contributed by atoms with Crippen LogP contribution in [0.3, 0.4) is 0 Å². The molecule has 2 rings (SSSR count). The number of rotatable bonds is 6. The second-order valence-electron chi connectivity index (χ2n) is 5.36. The third-order valence-electron chi connectivity index (χ3n) is 3.63. The summed E-state index contributed by atoms with van der Waals surface area (Å²) in [5.74, 6) is 0. The van der Waals surface area contributed by atoms with Gasteiger partial charge in [-0.1, -0.05) is 41.9 Å². The minimum Gasteiger partial charge on any atom is -0.307 e. The lowest BCUT2D eigenvalue weighted by Gasteiger charge is -2.21. The van der Waals surface area contributed by atoms with Gasteiger partial charge in [0.2, 0.25) is 0 Å². The van der Waals surface area contributed by atoms with E-state index in [-0.39, 0.29) is 0 Å². The number of halogens is 1.